The number of carboxylic acid groups (broad SMARTS) is 1. The molecule has 3 aromatic rings. The van der Waals surface area contributed by atoms with Gasteiger partial charge in [-0.05, 0) is 69.7 Å². The first-order valence-electron chi connectivity index (χ1n) is 13.7. The van der Waals surface area contributed by atoms with E-state index < -0.39 is 11.6 Å². The zero-order valence-corrected chi connectivity index (χ0v) is 24.9. The van der Waals surface area contributed by atoms with Gasteiger partial charge in [0.2, 0.25) is 0 Å². The van der Waals surface area contributed by atoms with Crippen LogP contribution in [0.2, 0.25) is 15.1 Å². The molecule has 3 aliphatic rings. The topological polar surface area (TPSA) is 108 Å². The smallest absolute Gasteiger partial charge is 0.352 e. The maximum atomic E-state index is 11.5. The lowest BCUT2D eigenvalue weighted by atomic mass is 9.64. The maximum absolute atomic E-state index is 11.5. The second kappa shape index (κ2) is 10.8. The fraction of sp³-hybridized carbons (Fsp3) is 0.433. The highest BCUT2D eigenvalue weighted by Gasteiger charge is 2.51. The summed E-state index contributed by atoms with van der Waals surface area (Å²) in [5, 5.41) is 32.7. The molecule has 0 radical (unpaired) electrons. The monoisotopic (exact) mass is 617 g/mol. The van der Waals surface area contributed by atoms with Gasteiger partial charge in [0.05, 0.1) is 32.3 Å². The van der Waals surface area contributed by atoms with Gasteiger partial charge in [-0.2, -0.15) is 5.10 Å². The Morgan fingerprint density at radius 1 is 1.15 bits per heavy atom. The number of rotatable bonds is 9. The fourth-order valence-electron chi connectivity index (χ4n) is 6.02. The molecular weight excluding hydrogens is 589 g/mol. The Morgan fingerprint density at radius 2 is 1.85 bits per heavy atom. The molecule has 1 aliphatic heterocycles. The van der Waals surface area contributed by atoms with Crippen LogP contribution in [0.4, 0.5) is 0 Å². The number of benzene rings is 2. The van der Waals surface area contributed by atoms with Crippen molar-refractivity contribution in [2.75, 3.05) is 0 Å². The summed E-state index contributed by atoms with van der Waals surface area (Å²) in [5.74, 6) is 0.722. The average molecular weight is 619 g/mol. The number of carbonyl (C=O) groups is 1. The van der Waals surface area contributed by atoms with Crippen molar-refractivity contribution in [1.29, 1.82) is 0 Å². The van der Waals surface area contributed by atoms with Crippen molar-refractivity contribution in [3.63, 3.8) is 0 Å². The molecular formula is C30H30Cl3N3O5. The molecule has 2 saturated carbocycles. The van der Waals surface area contributed by atoms with Crippen molar-refractivity contribution in [3.05, 3.63) is 68.4 Å². The van der Waals surface area contributed by atoms with Crippen LogP contribution in [0.1, 0.15) is 68.8 Å². The highest BCUT2D eigenvalue weighted by molar-refractivity contribution is 6.39. The molecule has 2 fully saturated rings. The number of ether oxygens (including phenoxy) is 1. The number of aliphatic hydroxyl groups is 1. The highest BCUT2D eigenvalue weighted by atomic mass is 35.5. The summed E-state index contributed by atoms with van der Waals surface area (Å²) in [7, 11) is 0. The number of aromatic nitrogens is 1. The molecule has 0 bridgehead atoms. The van der Waals surface area contributed by atoms with E-state index in [9.17, 15) is 15.0 Å². The fourth-order valence-corrected chi connectivity index (χ4v) is 6.95. The van der Waals surface area contributed by atoms with Crippen LogP contribution >= 0.6 is 34.8 Å². The van der Waals surface area contributed by atoms with Gasteiger partial charge < -0.3 is 19.5 Å². The van der Waals surface area contributed by atoms with Crippen LogP contribution in [0, 0.1) is 5.92 Å². The zero-order chi connectivity index (χ0) is 29.1. The molecule has 2 aromatic carbocycles. The van der Waals surface area contributed by atoms with E-state index in [4.69, 9.17) is 44.1 Å². The van der Waals surface area contributed by atoms with Crippen LogP contribution in [0.3, 0.4) is 0 Å². The van der Waals surface area contributed by atoms with Crippen LogP contribution in [0.5, 0.6) is 5.75 Å². The molecule has 11 heteroatoms. The highest BCUT2D eigenvalue weighted by Crippen LogP contribution is 2.52. The van der Waals surface area contributed by atoms with E-state index in [0.29, 0.717) is 62.8 Å². The molecule has 1 unspecified atom stereocenters. The van der Waals surface area contributed by atoms with Crippen molar-refractivity contribution >= 4 is 46.5 Å². The standard InChI is InChI=1S/C30H30Cl3N3O5/c1-15(2)36-25(11-24(34-36)29(37)38)17-12-30(39,13-17)20-9-8-18(10-23(20)33)40-14-19-27(35-41-28(19)16-6-7-16)26-21(31)4-3-5-22(26)32/h3-5,8-10,15-17,25,39H,6-7,11-14H2,1-2H3,(H,37,38). The van der Waals surface area contributed by atoms with Gasteiger partial charge in [0.25, 0.3) is 0 Å². The van der Waals surface area contributed by atoms with E-state index in [0.717, 1.165) is 24.2 Å². The van der Waals surface area contributed by atoms with Crippen LogP contribution in [-0.2, 0) is 17.0 Å². The lowest BCUT2D eigenvalue weighted by molar-refractivity contribution is -0.129. The minimum absolute atomic E-state index is 0.0610. The van der Waals surface area contributed by atoms with Gasteiger partial charge in [0.15, 0.2) is 0 Å². The Bertz CT molecular complexity index is 1510. The molecule has 0 amide bonds. The predicted molar refractivity (Wildman–Crippen MR) is 157 cm³/mol. The summed E-state index contributed by atoms with van der Waals surface area (Å²) in [6, 6.07) is 10.6. The molecule has 0 spiro atoms. The Hall–Kier alpha value is -2.78. The molecule has 2 N–H and O–H groups in total. The third-order valence-electron chi connectivity index (χ3n) is 8.29. The molecule has 0 saturated heterocycles. The van der Waals surface area contributed by atoms with E-state index >= 15 is 0 Å². The Morgan fingerprint density at radius 3 is 2.46 bits per heavy atom. The van der Waals surface area contributed by atoms with Gasteiger partial charge in [0, 0.05) is 29.5 Å². The third kappa shape index (κ3) is 5.31. The first-order valence-corrected chi connectivity index (χ1v) is 14.9. The molecule has 216 valence electrons. The summed E-state index contributed by atoms with van der Waals surface area (Å²) in [6.07, 6.45) is 3.35. The van der Waals surface area contributed by atoms with Crippen LogP contribution in [0.15, 0.2) is 46.0 Å². The van der Waals surface area contributed by atoms with Crippen LogP contribution < -0.4 is 4.74 Å². The minimum Gasteiger partial charge on any atom is -0.489 e. The largest absolute Gasteiger partial charge is 0.489 e. The van der Waals surface area contributed by atoms with E-state index in [1.165, 1.54) is 0 Å². The number of hydrogen-bond donors (Lipinski definition) is 2. The van der Waals surface area contributed by atoms with Crippen molar-refractivity contribution < 1.29 is 24.3 Å². The average Bonchev–Trinajstić information content (AvgIpc) is 3.50. The van der Waals surface area contributed by atoms with Gasteiger partial charge in [-0.15, -0.1) is 0 Å². The van der Waals surface area contributed by atoms with Crippen molar-refractivity contribution in [2.45, 2.75) is 76.2 Å². The zero-order valence-electron chi connectivity index (χ0n) is 22.6. The minimum atomic E-state index is -1.10. The first-order chi connectivity index (χ1) is 19.6. The van der Waals surface area contributed by atoms with E-state index in [-0.39, 0.29) is 30.3 Å². The SMILES string of the molecule is CC(C)N1N=C(C(=O)O)CC1C1CC(O)(c2ccc(OCc3c(-c4c(Cl)cccc4Cl)noc3C3CC3)cc2Cl)C1. The van der Waals surface area contributed by atoms with E-state index in [2.05, 4.69) is 10.3 Å². The third-order valence-corrected chi connectivity index (χ3v) is 9.23. The Kier molecular flexibility index (Phi) is 7.47. The molecule has 41 heavy (non-hydrogen) atoms. The van der Waals surface area contributed by atoms with E-state index in [1.54, 1.807) is 36.4 Å². The number of carboxylic acids is 1. The quantitative estimate of drug-likeness (QED) is 0.259. The number of hydrogen-bond acceptors (Lipinski definition) is 7. The Balaban J connectivity index is 1.17. The molecule has 1 atom stereocenters. The van der Waals surface area contributed by atoms with Crippen LogP contribution in [0.25, 0.3) is 11.3 Å². The summed E-state index contributed by atoms with van der Waals surface area (Å²) in [6.45, 7) is 4.16. The molecule has 8 nitrogen and oxygen atoms in total. The van der Waals surface area contributed by atoms with Gasteiger partial charge in [-0.3, -0.25) is 5.01 Å². The van der Waals surface area contributed by atoms with Crippen LogP contribution in [-0.4, -0.2) is 44.1 Å². The number of nitrogens with zero attached hydrogens (tertiary/aromatic N) is 3. The van der Waals surface area contributed by atoms with E-state index in [1.807, 2.05) is 18.9 Å². The number of aliphatic carboxylic acids is 1. The lowest BCUT2D eigenvalue weighted by Gasteiger charge is -2.49. The van der Waals surface area contributed by atoms with Gasteiger partial charge in [0.1, 0.15) is 29.5 Å². The predicted octanol–water partition coefficient (Wildman–Crippen LogP) is 7.28. The molecule has 6 rings (SSSR count). The second-order valence-electron chi connectivity index (χ2n) is 11.5. The van der Waals surface area contributed by atoms with Crippen molar-refractivity contribution in [3.8, 4) is 17.0 Å². The van der Waals surface area contributed by atoms with Crippen molar-refractivity contribution in [2.24, 2.45) is 11.0 Å². The molecule has 2 aliphatic carbocycles. The van der Waals surface area contributed by atoms with Gasteiger partial charge in [-0.25, -0.2) is 4.79 Å². The summed E-state index contributed by atoms with van der Waals surface area (Å²) >= 11 is 19.6. The van der Waals surface area contributed by atoms with Gasteiger partial charge in [-0.1, -0.05) is 52.1 Å². The van der Waals surface area contributed by atoms with Gasteiger partial charge >= 0.3 is 5.97 Å². The lowest BCUT2D eigenvalue weighted by Crippen LogP contribution is -2.51. The summed E-state index contributed by atoms with van der Waals surface area (Å²) < 4.78 is 11.9. The summed E-state index contributed by atoms with van der Waals surface area (Å²) in [5.41, 5.74) is 1.67. The second-order valence-corrected chi connectivity index (χ2v) is 12.7. The summed E-state index contributed by atoms with van der Waals surface area (Å²) in [4.78, 5) is 11.5. The Labute approximate surface area is 252 Å². The molecule has 1 aromatic heterocycles. The maximum Gasteiger partial charge on any atom is 0.352 e. The normalized spacial score (nSPS) is 24.0. The van der Waals surface area contributed by atoms with Crippen molar-refractivity contribution in [1.82, 2.24) is 10.2 Å². The number of halogens is 3. The number of hydrazone groups is 1. The molecule has 2 heterocycles. The first kappa shape index (κ1) is 28.3.